The van der Waals surface area contributed by atoms with Crippen LogP contribution in [0.4, 0.5) is 5.69 Å². The molecule has 0 spiro atoms. The van der Waals surface area contributed by atoms with E-state index in [1.165, 1.54) is 5.56 Å². The molecule has 5 heteroatoms. The molecule has 4 aromatic rings. The molecule has 0 saturated carbocycles. The van der Waals surface area contributed by atoms with Crippen molar-refractivity contribution in [3.8, 4) is 5.75 Å². The van der Waals surface area contributed by atoms with Gasteiger partial charge in [-0.2, -0.15) is 0 Å². The van der Waals surface area contributed by atoms with Crippen LogP contribution >= 0.6 is 0 Å². The number of rotatable bonds is 6. The maximum absolute atomic E-state index is 11.9. The number of nitrogens with zero attached hydrogens (tertiary/aromatic N) is 2. The molecule has 0 unspecified atom stereocenters. The third-order valence-electron chi connectivity index (χ3n) is 5.01. The van der Waals surface area contributed by atoms with Crippen molar-refractivity contribution in [1.82, 2.24) is 9.55 Å². The number of aryl methyl sites for hydroxylation is 1. The van der Waals surface area contributed by atoms with Gasteiger partial charge in [0, 0.05) is 36.1 Å². The van der Waals surface area contributed by atoms with Crippen LogP contribution in [0.1, 0.15) is 16.7 Å². The van der Waals surface area contributed by atoms with Gasteiger partial charge in [0.25, 0.3) is 5.56 Å². The van der Waals surface area contributed by atoms with Gasteiger partial charge in [0.15, 0.2) is 0 Å². The molecule has 146 valence electrons. The zero-order valence-electron chi connectivity index (χ0n) is 16.6. The molecule has 1 N–H and O–H groups in total. The van der Waals surface area contributed by atoms with Crippen molar-refractivity contribution in [2.24, 2.45) is 0 Å². The predicted octanol–water partition coefficient (Wildman–Crippen LogP) is 4.37. The molecular formula is C24H23N3O2. The summed E-state index contributed by atoms with van der Waals surface area (Å²) >= 11 is 0. The summed E-state index contributed by atoms with van der Waals surface area (Å²) in [7, 11) is 1.66. The van der Waals surface area contributed by atoms with Crippen LogP contribution in [0.5, 0.6) is 5.75 Å². The summed E-state index contributed by atoms with van der Waals surface area (Å²) in [6.45, 7) is 3.32. The van der Waals surface area contributed by atoms with E-state index >= 15 is 0 Å². The lowest BCUT2D eigenvalue weighted by molar-refractivity contribution is 0.419. The molecule has 29 heavy (non-hydrogen) atoms. The highest BCUT2D eigenvalue weighted by molar-refractivity contribution is 5.96. The zero-order chi connectivity index (χ0) is 20.2. The van der Waals surface area contributed by atoms with E-state index in [9.17, 15) is 4.79 Å². The van der Waals surface area contributed by atoms with Gasteiger partial charge < -0.3 is 14.6 Å². The molecule has 0 aliphatic heterocycles. The number of anilines is 1. The zero-order valence-corrected chi connectivity index (χ0v) is 16.6. The first-order valence-electron chi connectivity index (χ1n) is 9.55. The van der Waals surface area contributed by atoms with Gasteiger partial charge in [-0.3, -0.25) is 9.78 Å². The van der Waals surface area contributed by atoms with Crippen molar-refractivity contribution in [3.63, 3.8) is 0 Å². The molecular weight excluding hydrogens is 362 g/mol. The van der Waals surface area contributed by atoms with Gasteiger partial charge in [-0.05, 0) is 35.7 Å². The molecule has 0 radical (unpaired) electrons. The number of fused-ring (bicyclic) bond motifs is 1. The van der Waals surface area contributed by atoms with Gasteiger partial charge >= 0.3 is 0 Å². The van der Waals surface area contributed by atoms with Crippen molar-refractivity contribution < 1.29 is 4.74 Å². The van der Waals surface area contributed by atoms with Crippen LogP contribution in [-0.2, 0) is 13.1 Å². The van der Waals surface area contributed by atoms with Gasteiger partial charge in [0.05, 0.1) is 13.7 Å². The Balaban J connectivity index is 1.52. The van der Waals surface area contributed by atoms with E-state index in [2.05, 4.69) is 47.6 Å². The second-order valence-corrected chi connectivity index (χ2v) is 7.01. The number of aromatic nitrogens is 2. The lowest BCUT2D eigenvalue weighted by Gasteiger charge is -2.14. The Labute approximate surface area is 169 Å². The molecule has 0 atom stereocenters. The maximum Gasteiger partial charge on any atom is 0.250 e. The molecule has 4 rings (SSSR count). The minimum Gasteiger partial charge on any atom is -0.494 e. The van der Waals surface area contributed by atoms with E-state index in [4.69, 9.17) is 4.74 Å². The number of hydrogen-bond donors (Lipinski definition) is 1. The molecule has 2 heterocycles. The minimum atomic E-state index is 0.00807. The van der Waals surface area contributed by atoms with E-state index < -0.39 is 0 Å². The Bertz CT molecular complexity index is 1200. The number of benzene rings is 2. The Hall–Kier alpha value is -3.60. The molecule has 0 fully saturated rings. The quantitative estimate of drug-likeness (QED) is 0.535. The third kappa shape index (κ3) is 3.99. The van der Waals surface area contributed by atoms with E-state index in [1.54, 1.807) is 23.8 Å². The van der Waals surface area contributed by atoms with Crippen molar-refractivity contribution >= 4 is 16.6 Å². The molecule has 2 aromatic carbocycles. The van der Waals surface area contributed by atoms with Crippen molar-refractivity contribution in [1.29, 1.82) is 0 Å². The fraction of sp³-hybridized carbons (Fsp3) is 0.167. The second-order valence-electron chi connectivity index (χ2n) is 7.01. The van der Waals surface area contributed by atoms with Crippen LogP contribution in [0.15, 0.2) is 77.9 Å². The van der Waals surface area contributed by atoms with Crippen LogP contribution in [0.25, 0.3) is 10.9 Å². The summed E-state index contributed by atoms with van der Waals surface area (Å²) in [5, 5.41) is 4.60. The van der Waals surface area contributed by atoms with E-state index in [0.717, 1.165) is 33.5 Å². The number of pyridine rings is 2. The topological polar surface area (TPSA) is 56.1 Å². The molecule has 0 amide bonds. The first-order valence-corrected chi connectivity index (χ1v) is 9.55. The Morgan fingerprint density at radius 2 is 1.79 bits per heavy atom. The van der Waals surface area contributed by atoms with E-state index in [1.807, 2.05) is 30.6 Å². The van der Waals surface area contributed by atoms with Crippen molar-refractivity contribution in [2.75, 3.05) is 12.4 Å². The van der Waals surface area contributed by atoms with Gasteiger partial charge in [-0.25, -0.2) is 0 Å². The SMILES string of the molecule is COc1cccc2c(NCc3ccc(Cn4ccccc4=O)cc3)c(C)cnc12. The Morgan fingerprint density at radius 1 is 1.00 bits per heavy atom. The average Bonchev–Trinajstić information content (AvgIpc) is 2.75. The summed E-state index contributed by atoms with van der Waals surface area (Å²) in [5.74, 6) is 0.769. The van der Waals surface area contributed by atoms with E-state index in [-0.39, 0.29) is 5.56 Å². The van der Waals surface area contributed by atoms with Crippen LogP contribution in [0, 0.1) is 6.92 Å². The first-order chi connectivity index (χ1) is 14.2. The lowest BCUT2D eigenvalue weighted by Crippen LogP contribution is -2.18. The third-order valence-corrected chi connectivity index (χ3v) is 5.01. The second kappa shape index (κ2) is 8.19. The van der Waals surface area contributed by atoms with Crippen molar-refractivity contribution in [2.45, 2.75) is 20.0 Å². The molecule has 2 aromatic heterocycles. The van der Waals surface area contributed by atoms with Gasteiger partial charge in [0.2, 0.25) is 0 Å². The highest BCUT2D eigenvalue weighted by atomic mass is 16.5. The summed E-state index contributed by atoms with van der Waals surface area (Å²) in [4.78, 5) is 16.4. The summed E-state index contributed by atoms with van der Waals surface area (Å²) in [6.07, 6.45) is 3.68. The van der Waals surface area contributed by atoms with Gasteiger partial charge in [-0.15, -0.1) is 0 Å². The van der Waals surface area contributed by atoms with Crippen LogP contribution in [-0.4, -0.2) is 16.7 Å². The van der Waals surface area contributed by atoms with Crippen molar-refractivity contribution in [3.05, 3.63) is 100 Å². The number of ether oxygens (including phenoxy) is 1. The fourth-order valence-corrected chi connectivity index (χ4v) is 3.44. The first kappa shape index (κ1) is 18.7. The molecule has 5 nitrogen and oxygen atoms in total. The average molecular weight is 385 g/mol. The number of para-hydroxylation sites is 1. The normalized spacial score (nSPS) is 10.8. The van der Waals surface area contributed by atoms with Crippen LogP contribution < -0.4 is 15.6 Å². The molecule has 0 aliphatic rings. The van der Waals surface area contributed by atoms with Crippen LogP contribution in [0.3, 0.4) is 0 Å². The predicted molar refractivity (Wildman–Crippen MR) is 117 cm³/mol. The highest BCUT2D eigenvalue weighted by Crippen LogP contribution is 2.31. The molecule has 0 aliphatic carbocycles. The number of methoxy groups -OCH3 is 1. The number of nitrogens with one attached hydrogen (secondary N) is 1. The minimum absolute atomic E-state index is 0.00807. The largest absolute Gasteiger partial charge is 0.494 e. The lowest BCUT2D eigenvalue weighted by atomic mass is 10.1. The Morgan fingerprint density at radius 3 is 2.55 bits per heavy atom. The van der Waals surface area contributed by atoms with Gasteiger partial charge in [-0.1, -0.05) is 42.5 Å². The Kier molecular flexibility index (Phi) is 5.29. The molecule has 0 bridgehead atoms. The smallest absolute Gasteiger partial charge is 0.250 e. The number of hydrogen-bond acceptors (Lipinski definition) is 4. The summed E-state index contributed by atoms with van der Waals surface area (Å²) in [5.41, 5.74) is 5.28. The highest BCUT2D eigenvalue weighted by Gasteiger charge is 2.09. The molecule has 0 saturated heterocycles. The van der Waals surface area contributed by atoms with E-state index in [0.29, 0.717) is 13.1 Å². The monoisotopic (exact) mass is 385 g/mol. The fourth-order valence-electron chi connectivity index (χ4n) is 3.44. The maximum atomic E-state index is 11.9. The summed E-state index contributed by atoms with van der Waals surface area (Å²) in [6, 6.07) is 19.5. The van der Waals surface area contributed by atoms with Crippen LogP contribution in [0.2, 0.25) is 0 Å². The standard InChI is InChI=1S/C24H23N3O2/c1-17-14-25-24-20(6-5-7-21(24)29-2)23(17)26-15-18-9-11-19(12-10-18)16-27-13-4-3-8-22(27)28/h3-14H,15-16H2,1-2H3,(H,25,26). The van der Waals surface area contributed by atoms with Gasteiger partial charge in [0.1, 0.15) is 11.3 Å². The summed E-state index contributed by atoms with van der Waals surface area (Å²) < 4.78 is 7.14.